The number of rotatable bonds is 5. The van der Waals surface area contributed by atoms with E-state index in [-0.39, 0.29) is 17.4 Å². The molecular formula is C17H23NO6S. The standard InChI is InChI=1S/C17H23NO6S/c1-9-6-10(2)13(5)16(12(9)4)25(21,22)18-8-15(19)24-14-7-11(3)23-17(14)20/h6,11,14,18H,7-8H2,1-5H3/t11-,14+/m1/s1. The van der Waals surface area contributed by atoms with Crippen molar-refractivity contribution in [3.63, 3.8) is 0 Å². The molecule has 1 heterocycles. The van der Waals surface area contributed by atoms with E-state index in [1.807, 2.05) is 19.9 Å². The summed E-state index contributed by atoms with van der Waals surface area (Å²) < 4.78 is 37.4. The molecule has 138 valence electrons. The zero-order valence-corrected chi connectivity index (χ0v) is 15.8. The van der Waals surface area contributed by atoms with Gasteiger partial charge in [-0.05, 0) is 56.9 Å². The molecule has 1 N–H and O–H groups in total. The van der Waals surface area contributed by atoms with Crippen LogP contribution in [-0.4, -0.2) is 39.1 Å². The SMILES string of the molecule is Cc1cc(C)c(C)c(S(=O)(=O)NCC(=O)O[C@H]2C[C@@H](C)OC2=O)c1C. The minimum atomic E-state index is -3.89. The molecule has 1 aromatic carbocycles. The van der Waals surface area contributed by atoms with Gasteiger partial charge in [0.25, 0.3) is 0 Å². The monoisotopic (exact) mass is 369 g/mol. The van der Waals surface area contributed by atoms with Crippen LogP contribution in [0.1, 0.15) is 35.6 Å². The van der Waals surface area contributed by atoms with Crippen molar-refractivity contribution >= 4 is 22.0 Å². The normalized spacial score (nSPS) is 20.4. The molecule has 0 spiro atoms. The summed E-state index contributed by atoms with van der Waals surface area (Å²) in [7, 11) is -3.89. The van der Waals surface area contributed by atoms with E-state index in [1.165, 1.54) is 0 Å². The first-order valence-corrected chi connectivity index (χ1v) is 9.48. The molecule has 2 rings (SSSR count). The van der Waals surface area contributed by atoms with Crippen molar-refractivity contribution < 1.29 is 27.5 Å². The third-order valence-electron chi connectivity index (χ3n) is 4.37. The van der Waals surface area contributed by atoms with E-state index in [0.717, 1.165) is 11.1 Å². The van der Waals surface area contributed by atoms with Crippen LogP contribution in [0.25, 0.3) is 0 Å². The summed E-state index contributed by atoms with van der Waals surface area (Å²) in [6, 6.07) is 1.92. The minimum absolute atomic E-state index is 0.173. The van der Waals surface area contributed by atoms with Crippen LogP contribution in [0.15, 0.2) is 11.0 Å². The predicted octanol–water partition coefficient (Wildman–Crippen LogP) is 1.45. The lowest BCUT2D eigenvalue weighted by atomic mass is 10.0. The number of hydrogen-bond donors (Lipinski definition) is 1. The highest BCUT2D eigenvalue weighted by Crippen LogP contribution is 2.25. The maximum Gasteiger partial charge on any atom is 0.347 e. The van der Waals surface area contributed by atoms with E-state index in [9.17, 15) is 18.0 Å². The second-order valence-corrected chi connectivity index (χ2v) is 8.08. The van der Waals surface area contributed by atoms with Crippen molar-refractivity contribution in [2.45, 2.75) is 58.1 Å². The van der Waals surface area contributed by atoms with E-state index < -0.39 is 34.6 Å². The Bertz CT molecular complexity index is 789. The first-order valence-electron chi connectivity index (χ1n) is 8.00. The van der Waals surface area contributed by atoms with Gasteiger partial charge in [-0.15, -0.1) is 0 Å². The Kier molecular flexibility index (Phi) is 5.53. The molecule has 0 bridgehead atoms. The van der Waals surface area contributed by atoms with Crippen molar-refractivity contribution in [2.75, 3.05) is 6.54 Å². The van der Waals surface area contributed by atoms with Crippen molar-refractivity contribution in [3.8, 4) is 0 Å². The van der Waals surface area contributed by atoms with Gasteiger partial charge in [-0.3, -0.25) is 4.79 Å². The molecule has 1 aliphatic heterocycles. The summed E-state index contributed by atoms with van der Waals surface area (Å²) in [6.07, 6.45) is -1.02. The number of aryl methyl sites for hydroxylation is 2. The number of cyclic esters (lactones) is 1. The first-order chi connectivity index (χ1) is 11.5. The van der Waals surface area contributed by atoms with Gasteiger partial charge >= 0.3 is 11.9 Å². The molecule has 1 saturated heterocycles. The smallest absolute Gasteiger partial charge is 0.347 e. The maximum absolute atomic E-state index is 12.6. The summed E-state index contributed by atoms with van der Waals surface area (Å²) in [5, 5.41) is 0. The second-order valence-electron chi connectivity index (χ2n) is 6.38. The molecule has 1 fully saturated rings. The van der Waals surface area contributed by atoms with E-state index in [1.54, 1.807) is 20.8 Å². The van der Waals surface area contributed by atoms with Crippen LogP contribution >= 0.6 is 0 Å². The van der Waals surface area contributed by atoms with Crippen molar-refractivity contribution in [1.82, 2.24) is 4.72 Å². The van der Waals surface area contributed by atoms with Crippen LogP contribution < -0.4 is 4.72 Å². The lowest BCUT2D eigenvalue weighted by Gasteiger charge is -2.16. The molecule has 0 radical (unpaired) electrons. The van der Waals surface area contributed by atoms with Crippen LogP contribution in [0.4, 0.5) is 0 Å². The van der Waals surface area contributed by atoms with E-state index >= 15 is 0 Å². The molecule has 7 nitrogen and oxygen atoms in total. The zero-order chi connectivity index (χ0) is 18.9. The van der Waals surface area contributed by atoms with Gasteiger partial charge in [-0.1, -0.05) is 6.07 Å². The third kappa shape index (κ3) is 4.19. The molecule has 1 aliphatic rings. The summed E-state index contributed by atoms with van der Waals surface area (Å²) in [5.41, 5.74) is 2.98. The molecule has 2 atom stereocenters. The Morgan fingerprint density at radius 1 is 1.24 bits per heavy atom. The van der Waals surface area contributed by atoms with Crippen LogP contribution in [-0.2, 0) is 29.1 Å². The predicted molar refractivity (Wildman–Crippen MR) is 90.6 cm³/mol. The fourth-order valence-corrected chi connectivity index (χ4v) is 4.41. The number of sulfonamides is 1. The molecule has 0 aliphatic carbocycles. The van der Waals surface area contributed by atoms with Gasteiger partial charge in [0.2, 0.25) is 16.1 Å². The Morgan fingerprint density at radius 3 is 2.28 bits per heavy atom. The number of nitrogens with one attached hydrogen (secondary N) is 1. The van der Waals surface area contributed by atoms with Crippen LogP contribution in [0.3, 0.4) is 0 Å². The highest BCUT2D eigenvalue weighted by molar-refractivity contribution is 7.89. The van der Waals surface area contributed by atoms with E-state index in [0.29, 0.717) is 11.1 Å². The summed E-state index contributed by atoms with van der Waals surface area (Å²) in [6.45, 7) is 8.27. The van der Waals surface area contributed by atoms with Gasteiger partial charge in [-0.2, -0.15) is 4.72 Å². The van der Waals surface area contributed by atoms with E-state index in [2.05, 4.69) is 4.72 Å². The third-order valence-corrected chi connectivity index (χ3v) is 6.05. The number of hydrogen-bond acceptors (Lipinski definition) is 6. The fourth-order valence-electron chi connectivity index (χ4n) is 2.83. The molecule has 0 aromatic heterocycles. The van der Waals surface area contributed by atoms with Crippen LogP contribution in [0, 0.1) is 27.7 Å². The van der Waals surface area contributed by atoms with Crippen molar-refractivity contribution in [2.24, 2.45) is 0 Å². The van der Waals surface area contributed by atoms with Crippen molar-refractivity contribution in [3.05, 3.63) is 28.3 Å². The summed E-state index contributed by atoms with van der Waals surface area (Å²) in [4.78, 5) is 23.5. The van der Waals surface area contributed by atoms with Crippen LogP contribution in [0.2, 0.25) is 0 Å². The topological polar surface area (TPSA) is 98.8 Å². The second kappa shape index (κ2) is 7.13. The number of esters is 2. The Balaban J connectivity index is 2.10. The number of carbonyl (C=O) groups excluding carboxylic acids is 2. The minimum Gasteiger partial charge on any atom is -0.460 e. The van der Waals surface area contributed by atoms with Gasteiger partial charge in [0.15, 0.2) is 0 Å². The van der Waals surface area contributed by atoms with Gasteiger partial charge in [0.1, 0.15) is 12.6 Å². The zero-order valence-electron chi connectivity index (χ0n) is 15.0. The van der Waals surface area contributed by atoms with Crippen molar-refractivity contribution in [1.29, 1.82) is 0 Å². The summed E-state index contributed by atoms with van der Waals surface area (Å²) >= 11 is 0. The van der Waals surface area contributed by atoms with Gasteiger partial charge in [0, 0.05) is 6.42 Å². The average Bonchev–Trinajstić information content (AvgIpc) is 2.81. The lowest BCUT2D eigenvalue weighted by Crippen LogP contribution is -2.34. The molecule has 0 amide bonds. The fraction of sp³-hybridized carbons (Fsp3) is 0.529. The quantitative estimate of drug-likeness (QED) is 0.789. The highest BCUT2D eigenvalue weighted by Gasteiger charge is 2.35. The maximum atomic E-state index is 12.6. The Labute approximate surface area is 147 Å². The molecule has 8 heteroatoms. The molecule has 1 aromatic rings. The summed E-state index contributed by atoms with van der Waals surface area (Å²) in [5.74, 6) is -1.43. The molecule has 0 saturated carbocycles. The van der Waals surface area contributed by atoms with Crippen LogP contribution in [0.5, 0.6) is 0 Å². The number of carbonyl (C=O) groups is 2. The Hall–Kier alpha value is -1.93. The molecule has 25 heavy (non-hydrogen) atoms. The first kappa shape index (κ1) is 19.4. The molecular weight excluding hydrogens is 346 g/mol. The van der Waals surface area contributed by atoms with Gasteiger partial charge in [0.05, 0.1) is 4.90 Å². The highest BCUT2D eigenvalue weighted by atomic mass is 32.2. The number of benzene rings is 1. The number of ether oxygens (including phenoxy) is 2. The lowest BCUT2D eigenvalue weighted by molar-refractivity contribution is -0.160. The average molecular weight is 369 g/mol. The van der Waals surface area contributed by atoms with Gasteiger partial charge in [-0.25, -0.2) is 13.2 Å². The largest absolute Gasteiger partial charge is 0.460 e. The molecule has 0 unspecified atom stereocenters. The Morgan fingerprint density at radius 2 is 1.80 bits per heavy atom. The van der Waals surface area contributed by atoms with E-state index in [4.69, 9.17) is 9.47 Å². The van der Waals surface area contributed by atoms with Gasteiger partial charge < -0.3 is 9.47 Å².